The molecule has 0 aromatic rings. The van der Waals surface area contributed by atoms with Crippen LogP contribution in [-0.2, 0) is 8.85 Å². The molecular formula is C14H34O2SSi2. The fraction of sp³-hybridized carbons (Fsp3) is 1.00. The topological polar surface area (TPSA) is 18.5 Å². The molecule has 5 heteroatoms. The lowest BCUT2D eigenvalue weighted by atomic mass is 10.00. The molecule has 0 saturated heterocycles. The van der Waals surface area contributed by atoms with Gasteiger partial charge in [-0.3, -0.25) is 0 Å². The van der Waals surface area contributed by atoms with Crippen molar-refractivity contribution in [2.75, 3.05) is 20.0 Å². The molecule has 0 unspecified atom stereocenters. The number of hydrogen-bond acceptors (Lipinski definition) is 3. The second-order valence-corrected chi connectivity index (χ2v) is 20.4. The van der Waals surface area contributed by atoms with Gasteiger partial charge in [-0.2, -0.15) is 11.2 Å². The van der Waals surface area contributed by atoms with Crippen LogP contribution < -0.4 is 0 Å². The molecule has 0 radical (unpaired) electrons. The molecule has 19 heavy (non-hydrogen) atoms. The van der Waals surface area contributed by atoms with Gasteiger partial charge in [0.1, 0.15) is 7.22 Å². The standard InChI is InChI=1S/C14H34O2SSi2/c1-13(2,3)18(8,9)17-11-14(4,5)12-19(10,15-6)16-7/h11-12H2,1-10H3. The SMILES string of the molecule is CO[Si](C)(CC(C)(C)CS[Si](C)(C)C(C)(C)C)OC. The summed E-state index contributed by atoms with van der Waals surface area (Å²) in [5.74, 6) is 1.19. The third kappa shape index (κ3) is 6.33. The Morgan fingerprint density at radius 1 is 0.895 bits per heavy atom. The van der Waals surface area contributed by atoms with Crippen molar-refractivity contribution in [3.8, 4) is 0 Å². The second kappa shape index (κ2) is 6.64. The number of hydrogen-bond donors (Lipinski definition) is 0. The fourth-order valence-electron chi connectivity index (χ4n) is 1.74. The highest BCUT2D eigenvalue weighted by Gasteiger charge is 2.40. The van der Waals surface area contributed by atoms with Gasteiger partial charge >= 0.3 is 8.56 Å². The molecule has 0 aromatic heterocycles. The molecule has 0 atom stereocenters. The summed E-state index contributed by atoms with van der Waals surface area (Å²) < 4.78 is 11.3. The van der Waals surface area contributed by atoms with Crippen LogP contribution in [0.15, 0.2) is 0 Å². The molecule has 0 spiro atoms. The van der Waals surface area contributed by atoms with Gasteiger partial charge < -0.3 is 8.85 Å². The third-order valence-corrected chi connectivity index (χ3v) is 17.3. The largest absolute Gasteiger partial charge is 0.398 e. The Hall–Kier alpha value is 0.704. The fourth-order valence-corrected chi connectivity index (χ4v) is 9.08. The minimum absolute atomic E-state index is 0.271. The summed E-state index contributed by atoms with van der Waals surface area (Å²) in [4.78, 5) is 0. The number of rotatable bonds is 7. The quantitative estimate of drug-likeness (QED) is 0.606. The van der Waals surface area contributed by atoms with E-state index < -0.39 is 15.8 Å². The smallest absolute Gasteiger partial charge is 0.334 e. The van der Waals surface area contributed by atoms with Gasteiger partial charge in [0.25, 0.3) is 0 Å². The molecule has 2 nitrogen and oxygen atoms in total. The summed E-state index contributed by atoms with van der Waals surface area (Å²) in [6.45, 7) is 18.9. The molecule has 0 aliphatic carbocycles. The zero-order chi connectivity index (χ0) is 15.5. The van der Waals surface area contributed by atoms with E-state index in [0.717, 1.165) is 6.04 Å². The van der Waals surface area contributed by atoms with Crippen LogP contribution in [0.25, 0.3) is 0 Å². The van der Waals surface area contributed by atoms with Gasteiger partial charge in [0.05, 0.1) is 0 Å². The summed E-state index contributed by atoms with van der Waals surface area (Å²) in [7, 11) is 0.336. The van der Waals surface area contributed by atoms with Crippen molar-refractivity contribution in [3.63, 3.8) is 0 Å². The van der Waals surface area contributed by atoms with Gasteiger partial charge in [0.15, 0.2) is 0 Å². The van der Waals surface area contributed by atoms with Gasteiger partial charge in [-0.25, -0.2) is 0 Å². The molecule has 0 amide bonds. The van der Waals surface area contributed by atoms with Crippen molar-refractivity contribution in [2.24, 2.45) is 5.41 Å². The van der Waals surface area contributed by atoms with Crippen LogP contribution in [0.1, 0.15) is 34.6 Å². The highest BCUT2D eigenvalue weighted by molar-refractivity contribution is 8.29. The van der Waals surface area contributed by atoms with E-state index in [9.17, 15) is 0 Å². The summed E-state index contributed by atoms with van der Waals surface area (Å²) in [6.07, 6.45) is 0. The van der Waals surface area contributed by atoms with Crippen LogP contribution in [0.2, 0.25) is 30.7 Å². The Labute approximate surface area is 126 Å². The maximum atomic E-state index is 5.64. The van der Waals surface area contributed by atoms with Gasteiger partial charge in [-0.15, -0.1) is 0 Å². The van der Waals surface area contributed by atoms with E-state index >= 15 is 0 Å². The Morgan fingerprint density at radius 3 is 1.63 bits per heavy atom. The zero-order valence-electron chi connectivity index (χ0n) is 14.6. The minimum Gasteiger partial charge on any atom is -0.398 e. The average molecular weight is 323 g/mol. The highest BCUT2D eigenvalue weighted by atomic mass is 32.4. The van der Waals surface area contributed by atoms with Gasteiger partial charge in [0, 0.05) is 14.2 Å². The summed E-state index contributed by atoms with van der Waals surface area (Å²) in [5.41, 5.74) is 0.271. The van der Waals surface area contributed by atoms with E-state index in [2.05, 4.69) is 65.5 Å². The maximum Gasteiger partial charge on any atom is 0.334 e. The van der Waals surface area contributed by atoms with Gasteiger partial charge in [0.2, 0.25) is 0 Å². The minimum atomic E-state index is -1.97. The van der Waals surface area contributed by atoms with E-state index in [1.807, 2.05) is 0 Å². The highest BCUT2D eigenvalue weighted by Crippen LogP contribution is 2.46. The Balaban J connectivity index is 4.63. The van der Waals surface area contributed by atoms with Crippen molar-refractivity contribution in [1.82, 2.24) is 0 Å². The monoisotopic (exact) mass is 322 g/mol. The summed E-state index contributed by atoms with van der Waals surface area (Å²) in [6, 6.07) is 1.05. The summed E-state index contributed by atoms with van der Waals surface area (Å²) >= 11 is 2.20. The molecule has 116 valence electrons. The van der Waals surface area contributed by atoms with Crippen LogP contribution in [0.3, 0.4) is 0 Å². The van der Waals surface area contributed by atoms with E-state index in [-0.39, 0.29) is 5.41 Å². The third-order valence-electron chi connectivity index (χ3n) is 4.29. The first-order valence-electron chi connectivity index (χ1n) is 7.03. The molecular weight excluding hydrogens is 288 g/mol. The van der Waals surface area contributed by atoms with Gasteiger partial charge in [-0.05, 0) is 28.8 Å². The van der Waals surface area contributed by atoms with E-state index in [0.29, 0.717) is 5.04 Å². The predicted octanol–water partition coefficient (Wildman–Crippen LogP) is 5.12. The average Bonchev–Trinajstić information content (AvgIpc) is 2.24. The molecule has 0 aliphatic rings. The van der Waals surface area contributed by atoms with Crippen LogP contribution in [0.4, 0.5) is 0 Å². The Morgan fingerprint density at radius 2 is 1.32 bits per heavy atom. The Kier molecular flexibility index (Phi) is 6.89. The zero-order valence-corrected chi connectivity index (χ0v) is 17.5. The van der Waals surface area contributed by atoms with Crippen LogP contribution in [-0.4, -0.2) is 35.8 Å². The molecule has 0 fully saturated rings. The van der Waals surface area contributed by atoms with Crippen LogP contribution >= 0.6 is 11.2 Å². The van der Waals surface area contributed by atoms with Crippen molar-refractivity contribution >= 4 is 27.0 Å². The van der Waals surface area contributed by atoms with E-state index in [1.165, 1.54) is 5.75 Å². The van der Waals surface area contributed by atoms with Crippen molar-refractivity contribution in [1.29, 1.82) is 0 Å². The lowest BCUT2D eigenvalue weighted by Crippen LogP contribution is -2.42. The van der Waals surface area contributed by atoms with Crippen LogP contribution in [0.5, 0.6) is 0 Å². The predicted molar refractivity (Wildman–Crippen MR) is 93.9 cm³/mol. The maximum absolute atomic E-state index is 5.64. The molecule has 0 aromatic carbocycles. The summed E-state index contributed by atoms with van der Waals surface area (Å²) in [5, 5.41) is 0.441. The molecule has 0 bridgehead atoms. The van der Waals surface area contributed by atoms with Gasteiger partial charge in [-0.1, -0.05) is 47.7 Å². The Bertz CT molecular complexity index is 282. The normalized spacial score (nSPS) is 14.8. The molecule has 0 heterocycles. The van der Waals surface area contributed by atoms with Crippen molar-refractivity contribution in [2.45, 2.75) is 65.3 Å². The lowest BCUT2D eigenvalue weighted by Gasteiger charge is -2.40. The molecule has 0 saturated carbocycles. The van der Waals surface area contributed by atoms with Crippen molar-refractivity contribution in [3.05, 3.63) is 0 Å². The first-order chi connectivity index (χ1) is 8.29. The van der Waals surface area contributed by atoms with Crippen molar-refractivity contribution < 1.29 is 8.85 Å². The molecule has 0 rings (SSSR count). The first-order valence-corrected chi connectivity index (χ1v) is 14.3. The second-order valence-electron chi connectivity index (χ2n) is 7.93. The van der Waals surface area contributed by atoms with E-state index in [1.54, 1.807) is 14.2 Å². The molecule has 0 N–H and O–H groups in total. The first kappa shape index (κ1) is 19.7. The van der Waals surface area contributed by atoms with Crippen LogP contribution in [0, 0.1) is 5.41 Å². The van der Waals surface area contributed by atoms with E-state index in [4.69, 9.17) is 8.85 Å². The lowest BCUT2D eigenvalue weighted by molar-refractivity contribution is 0.233. The molecule has 0 aliphatic heterocycles.